The number of halogens is 1. The van der Waals surface area contributed by atoms with Crippen molar-refractivity contribution in [2.75, 3.05) is 5.43 Å². The molecule has 0 saturated carbocycles. The summed E-state index contributed by atoms with van der Waals surface area (Å²) < 4.78 is 2.61. The first-order valence-electron chi connectivity index (χ1n) is 7.20. The van der Waals surface area contributed by atoms with Crippen LogP contribution in [-0.4, -0.2) is 25.7 Å². The number of hydrogen-bond acceptors (Lipinski definition) is 5. The van der Waals surface area contributed by atoms with Gasteiger partial charge in [0.25, 0.3) is 5.91 Å². The van der Waals surface area contributed by atoms with Crippen LogP contribution >= 0.6 is 15.9 Å². The topological polar surface area (TPSA) is 84.7 Å². The van der Waals surface area contributed by atoms with Gasteiger partial charge in [-0.3, -0.25) is 15.6 Å². The van der Waals surface area contributed by atoms with E-state index in [2.05, 4.69) is 41.8 Å². The lowest BCUT2D eigenvalue weighted by Gasteiger charge is -2.09. The molecule has 0 radical (unpaired) electrons. The van der Waals surface area contributed by atoms with Gasteiger partial charge in [0.1, 0.15) is 0 Å². The highest BCUT2D eigenvalue weighted by Gasteiger charge is 2.07. The van der Waals surface area contributed by atoms with Crippen LogP contribution in [0.2, 0.25) is 0 Å². The van der Waals surface area contributed by atoms with Crippen molar-refractivity contribution >= 4 is 27.8 Å². The molecule has 0 aliphatic heterocycles. The monoisotopic (exact) mass is 386 g/mol. The standard InChI is InChI=1S/C16H15BrN6O/c1-10-7-11(2)20-16(19-10)22-21-15(24)12-3-5-14(6-4-12)23-9-13(17)8-18-23/h3-9H,1-2H3,(H,21,24)(H,19,20,22). The minimum atomic E-state index is -0.272. The van der Waals surface area contributed by atoms with Gasteiger partial charge in [0.15, 0.2) is 0 Å². The molecule has 0 aliphatic carbocycles. The van der Waals surface area contributed by atoms with Crippen LogP contribution in [-0.2, 0) is 0 Å². The highest BCUT2D eigenvalue weighted by Crippen LogP contribution is 2.13. The van der Waals surface area contributed by atoms with Crippen molar-refractivity contribution in [3.05, 3.63) is 64.1 Å². The van der Waals surface area contributed by atoms with Crippen LogP contribution in [0.15, 0.2) is 47.2 Å². The molecule has 0 unspecified atom stereocenters. The maximum Gasteiger partial charge on any atom is 0.269 e. The summed E-state index contributed by atoms with van der Waals surface area (Å²) in [7, 11) is 0. The molecule has 0 spiro atoms. The van der Waals surface area contributed by atoms with Crippen molar-refractivity contribution in [2.24, 2.45) is 0 Å². The number of aryl methyl sites for hydroxylation is 2. The number of nitrogens with one attached hydrogen (secondary N) is 2. The van der Waals surface area contributed by atoms with Crippen LogP contribution in [0.25, 0.3) is 5.69 Å². The van der Waals surface area contributed by atoms with Gasteiger partial charge >= 0.3 is 0 Å². The molecule has 8 heteroatoms. The van der Waals surface area contributed by atoms with Gasteiger partial charge in [-0.2, -0.15) is 5.10 Å². The summed E-state index contributed by atoms with van der Waals surface area (Å²) in [6.45, 7) is 3.74. The number of amides is 1. The Kier molecular flexibility index (Phi) is 4.57. The molecule has 2 aromatic heterocycles. The molecule has 1 amide bonds. The SMILES string of the molecule is Cc1cc(C)nc(NNC(=O)c2ccc(-n3cc(Br)cn3)cc2)n1. The first kappa shape index (κ1) is 16.1. The largest absolute Gasteiger partial charge is 0.269 e. The quantitative estimate of drug-likeness (QED) is 0.673. The zero-order chi connectivity index (χ0) is 17.1. The Bertz CT molecular complexity index is 854. The normalized spacial score (nSPS) is 10.5. The van der Waals surface area contributed by atoms with E-state index in [9.17, 15) is 4.79 Å². The fourth-order valence-corrected chi connectivity index (χ4v) is 2.46. The van der Waals surface area contributed by atoms with Crippen molar-refractivity contribution in [1.82, 2.24) is 25.2 Å². The van der Waals surface area contributed by atoms with E-state index in [1.54, 1.807) is 23.0 Å². The summed E-state index contributed by atoms with van der Waals surface area (Å²) in [6.07, 6.45) is 3.54. The van der Waals surface area contributed by atoms with E-state index in [4.69, 9.17) is 0 Å². The lowest BCUT2D eigenvalue weighted by atomic mass is 10.2. The highest BCUT2D eigenvalue weighted by molar-refractivity contribution is 9.10. The number of anilines is 1. The Labute approximate surface area is 147 Å². The molecule has 0 fully saturated rings. The number of hydrazine groups is 1. The van der Waals surface area contributed by atoms with Gasteiger partial charge in [0.2, 0.25) is 5.95 Å². The van der Waals surface area contributed by atoms with Gasteiger partial charge < -0.3 is 0 Å². The van der Waals surface area contributed by atoms with Crippen LogP contribution < -0.4 is 10.9 Å². The Balaban J connectivity index is 1.66. The van der Waals surface area contributed by atoms with Crippen LogP contribution in [0.5, 0.6) is 0 Å². The van der Waals surface area contributed by atoms with E-state index in [-0.39, 0.29) is 5.91 Å². The zero-order valence-electron chi connectivity index (χ0n) is 13.1. The fraction of sp³-hybridized carbons (Fsp3) is 0.125. The van der Waals surface area contributed by atoms with Crippen molar-refractivity contribution in [1.29, 1.82) is 0 Å². The molecule has 7 nitrogen and oxygen atoms in total. The smallest absolute Gasteiger partial charge is 0.267 e. The van der Waals surface area contributed by atoms with Gasteiger partial charge in [-0.05, 0) is 60.1 Å². The molecular formula is C16H15BrN6O. The third-order valence-electron chi connectivity index (χ3n) is 3.22. The summed E-state index contributed by atoms with van der Waals surface area (Å²) in [5, 5.41) is 4.19. The van der Waals surface area contributed by atoms with E-state index in [0.29, 0.717) is 11.5 Å². The lowest BCUT2D eigenvalue weighted by Crippen LogP contribution is -2.30. The van der Waals surface area contributed by atoms with Crippen LogP contribution in [0.3, 0.4) is 0 Å². The number of carbonyl (C=O) groups excluding carboxylic acids is 1. The Morgan fingerprint density at radius 1 is 1.12 bits per heavy atom. The van der Waals surface area contributed by atoms with Gasteiger partial charge in [0.05, 0.1) is 16.4 Å². The fourth-order valence-electron chi connectivity index (χ4n) is 2.17. The van der Waals surface area contributed by atoms with Crippen molar-refractivity contribution < 1.29 is 4.79 Å². The third-order valence-corrected chi connectivity index (χ3v) is 3.62. The summed E-state index contributed by atoms with van der Waals surface area (Å²) in [5.74, 6) is 0.0878. The van der Waals surface area contributed by atoms with Crippen LogP contribution in [0, 0.1) is 13.8 Å². The number of aromatic nitrogens is 4. The van der Waals surface area contributed by atoms with E-state index in [0.717, 1.165) is 21.5 Å². The van der Waals surface area contributed by atoms with Crippen molar-refractivity contribution in [3.63, 3.8) is 0 Å². The number of carbonyl (C=O) groups is 1. The van der Waals surface area contributed by atoms with E-state index < -0.39 is 0 Å². The minimum Gasteiger partial charge on any atom is -0.267 e. The van der Waals surface area contributed by atoms with Gasteiger partial charge in [0, 0.05) is 23.1 Å². The maximum atomic E-state index is 12.2. The summed E-state index contributed by atoms with van der Waals surface area (Å²) in [4.78, 5) is 20.6. The number of nitrogens with zero attached hydrogens (tertiary/aromatic N) is 4. The molecule has 2 heterocycles. The van der Waals surface area contributed by atoms with E-state index in [1.165, 1.54) is 0 Å². The Hall–Kier alpha value is -2.74. The van der Waals surface area contributed by atoms with E-state index in [1.807, 2.05) is 38.2 Å². The molecule has 122 valence electrons. The van der Waals surface area contributed by atoms with Crippen LogP contribution in [0.4, 0.5) is 5.95 Å². The first-order chi connectivity index (χ1) is 11.5. The second kappa shape index (κ2) is 6.79. The average molecular weight is 387 g/mol. The molecule has 3 rings (SSSR count). The molecule has 0 atom stereocenters. The molecular weight excluding hydrogens is 372 g/mol. The summed E-state index contributed by atoms with van der Waals surface area (Å²) >= 11 is 3.35. The van der Waals surface area contributed by atoms with E-state index >= 15 is 0 Å². The summed E-state index contributed by atoms with van der Waals surface area (Å²) in [6, 6.07) is 8.96. The molecule has 2 N–H and O–H groups in total. The molecule has 1 aromatic carbocycles. The predicted octanol–water partition coefficient (Wildman–Crippen LogP) is 2.80. The second-order valence-corrected chi connectivity index (χ2v) is 6.12. The summed E-state index contributed by atoms with van der Waals surface area (Å²) in [5.41, 5.74) is 8.35. The number of rotatable bonds is 4. The third kappa shape index (κ3) is 3.77. The Morgan fingerprint density at radius 3 is 2.38 bits per heavy atom. The number of hydrogen-bond donors (Lipinski definition) is 2. The van der Waals surface area contributed by atoms with Crippen molar-refractivity contribution in [2.45, 2.75) is 13.8 Å². The predicted molar refractivity (Wildman–Crippen MR) is 93.9 cm³/mol. The van der Waals surface area contributed by atoms with Crippen LogP contribution in [0.1, 0.15) is 21.7 Å². The molecule has 3 aromatic rings. The van der Waals surface area contributed by atoms with Gasteiger partial charge in [-0.15, -0.1) is 0 Å². The van der Waals surface area contributed by atoms with Crippen molar-refractivity contribution in [3.8, 4) is 5.69 Å². The molecule has 0 aliphatic rings. The molecule has 0 bridgehead atoms. The molecule has 0 saturated heterocycles. The first-order valence-corrected chi connectivity index (χ1v) is 8.00. The zero-order valence-corrected chi connectivity index (χ0v) is 14.7. The Morgan fingerprint density at radius 2 is 1.79 bits per heavy atom. The van der Waals surface area contributed by atoms with Gasteiger partial charge in [-0.1, -0.05) is 0 Å². The number of benzene rings is 1. The minimum absolute atomic E-state index is 0.272. The molecule has 24 heavy (non-hydrogen) atoms. The lowest BCUT2D eigenvalue weighted by molar-refractivity contribution is 0.0962. The second-order valence-electron chi connectivity index (χ2n) is 5.20. The average Bonchev–Trinajstić information content (AvgIpc) is 2.98. The van der Waals surface area contributed by atoms with Gasteiger partial charge in [-0.25, -0.2) is 14.6 Å². The highest BCUT2D eigenvalue weighted by atomic mass is 79.9. The maximum absolute atomic E-state index is 12.2.